The third-order valence-corrected chi connectivity index (χ3v) is 3.43. The van der Waals surface area contributed by atoms with E-state index in [1.54, 1.807) is 6.07 Å². The van der Waals surface area contributed by atoms with Crippen molar-refractivity contribution < 1.29 is 19.6 Å². The first kappa shape index (κ1) is 14.0. The molecule has 1 N–H and O–H groups in total. The Balaban J connectivity index is 2.40. The first-order valence-corrected chi connectivity index (χ1v) is 6.24. The Hall–Kier alpha value is -2.44. The minimum atomic E-state index is -1.02. The van der Waals surface area contributed by atoms with Gasteiger partial charge in [-0.1, -0.05) is 13.0 Å². The fourth-order valence-corrected chi connectivity index (χ4v) is 2.32. The minimum absolute atomic E-state index is 0.0579. The summed E-state index contributed by atoms with van der Waals surface area (Å²) >= 11 is 0. The second kappa shape index (κ2) is 5.28. The maximum absolute atomic E-state index is 11.9. The number of nitro benzene ring substituents is 1. The first-order chi connectivity index (χ1) is 9.43. The van der Waals surface area contributed by atoms with Crippen LogP contribution in [0.1, 0.15) is 18.9 Å². The van der Waals surface area contributed by atoms with Crippen LogP contribution in [0.15, 0.2) is 18.2 Å². The van der Waals surface area contributed by atoms with Gasteiger partial charge in [-0.15, -0.1) is 0 Å². The molecule has 0 radical (unpaired) electrons. The quantitative estimate of drug-likeness (QED) is 0.665. The molecule has 1 amide bonds. The average Bonchev–Trinajstić information content (AvgIpc) is 2.80. The number of aliphatic carboxylic acids is 1. The van der Waals surface area contributed by atoms with Gasteiger partial charge in [-0.2, -0.15) is 0 Å². The highest BCUT2D eigenvalue weighted by Gasteiger charge is 2.36. The number of hydrogen-bond donors (Lipinski definition) is 1. The Bertz CT molecular complexity index is 584. The predicted molar refractivity (Wildman–Crippen MR) is 70.6 cm³/mol. The monoisotopic (exact) mass is 278 g/mol. The van der Waals surface area contributed by atoms with Crippen LogP contribution in [0.25, 0.3) is 0 Å². The van der Waals surface area contributed by atoms with Crippen LogP contribution in [-0.4, -0.2) is 28.5 Å². The van der Waals surface area contributed by atoms with Crippen molar-refractivity contribution >= 4 is 23.3 Å². The van der Waals surface area contributed by atoms with E-state index >= 15 is 0 Å². The van der Waals surface area contributed by atoms with E-state index in [2.05, 4.69) is 0 Å². The molecule has 1 aliphatic heterocycles. The highest BCUT2D eigenvalue weighted by molar-refractivity contribution is 6.00. The molecular weight excluding hydrogens is 264 g/mol. The maximum Gasteiger partial charge on any atom is 0.308 e. The van der Waals surface area contributed by atoms with E-state index < -0.39 is 16.8 Å². The summed E-state index contributed by atoms with van der Waals surface area (Å²) in [5, 5.41) is 19.8. The highest BCUT2D eigenvalue weighted by atomic mass is 16.6. The summed E-state index contributed by atoms with van der Waals surface area (Å²) in [6, 6.07) is 4.33. The van der Waals surface area contributed by atoms with E-state index in [1.165, 1.54) is 17.0 Å². The summed E-state index contributed by atoms with van der Waals surface area (Å²) < 4.78 is 0. The Morgan fingerprint density at radius 2 is 2.25 bits per heavy atom. The van der Waals surface area contributed by atoms with Gasteiger partial charge in [-0.25, -0.2) is 0 Å². The molecule has 1 unspecified atom stereocenters. The number of nitrogens with zero attached hydrogens (tertiary/aromatic N) is 2. The van der Waals surface area contributed by atoms with Crippen molar-refractivity contribution in [2.75, 3.05) is 11.4 Å². The zero-order chi connectivity index (χ0) is 14.9. The van der Waals surface area contributed by atoms with Gasteiger partial charge in [0.25, 0.3) is 5.69 Å². The lowest BCUT2D eigenvalue weighted by molar-refractivity contribution is -0.384. The van der Waals surface area contributed by atoms with Crippen LogP contribution in [0.3, 0.4) is 0 Å². The fourth-order valence-electron chi connectivity index (χ4n) is 2.32. The molecule has 106 valence electrons. The first-order valence-electron chi connectivity index (χ1n) is 6.24. The van der Waals surface area contributed by atoms with Crippen molar-refractivity contribution in [3.05, 3.63) is 33.9 Å². The molecule has 1 aromatic carbocycles. The fraction of sp³-hybridized carbons (Fsp3) is 0.385. The summed E-state index contributed by atoms with van der Waals surface area (Å²) in [5.41, 5.74) is 1.12. The summed E-state index contributed by atoms with van der Waals surface area (Å²) in [5.74, 6) is -2.09. The molecule has 1 aliphatic rings. The van der Waals surface area contributed by atoms with E-state index in [-0.39, 0.29) is 24.6 Å². The normalized spacial score (nSPS) is 18.4. The van der Waals surface area contributed by atoms with E-state index in [0.29, 0.717) is 12.1 Å². The minimum Gasteiger partial charge on any atom is -0.481 e. The van der Waals surface area contributed by atoms with Crippen LogP contribution in [0.4, 0.5) is 11.4 Å². The van der Waals surface area contributed by atoms with Crippen LogP contribution in [0.2, 0.25) is 0 Å². The van der Waals surface area contributed by atoms with Gasteiger partial charge < -0.3 is 10.0 Å². The van der Waals surface area contributed by atoms with Gasteiger partial charge in [0.05, 0.1) is 16.5 Å². The van der Waals surface area contributed by atoms with E-state index in [9.17, 15) is 19.7 Å². The molecule has 0 aliphatic carbocycles. The molecule has 7 heteroatoms. The molecule has 0 spiro atoms. The topological polar surface area (TPSA) is 101 Å². The summed E-state index contributed by atoms with van der Waals surface area (Å²) in [6.07, 6.45) is 0.538. The molecular formula is C13H14N2O5. The standard InChI is InChI=1S/C13H14N2O5/c1-2-8-3-4-10(15(19)20)6-11(8)14-7-9(13(17)18)5-12(14)16/h3-4,6,9H,2,5,7H2,1H3,(H,17,18). The van der Waals surface area contributed by atoms with Gasteiger partial charge in [0.2, 0.25) is 5.91 Å². The molecule has 1 heterocycles. The average molecular weight is 278 g/mol. The third-order valence-electron chi connectivity index (χ3n) is 3.43. The summed E-state index contributed by atoms with van der Waals surface area (Å²) in [6.45, 7) is 1.93. The van der Waals surface area contributed by atoms with Crippen molar-refractivity contribution in [2.24, 2.45) is 5.92 Å². The van der Waals surface area contributed by atoms with E-state index in [0.717, 1.165) is 5.56 Å². The predicted octanol–water partition coefficient (Wildman–Crippen LogP) is 1.59. The summed E-state index contributed by atoms with van der Waals surface area (Å²) in [4.78, 5) is 34.5. The molecule has 1 aromatic rings. The number of rotatable bonds is 4. The van der Waals surface area contributed by atoms with Crippen LogP contribution < -0.4 is 4.90 Å². The number of carbonyl (C=O) groups excluding carboxylic acids is 1. The van der Waals surface area contributed by atoms with Crippen molar-refractivity contribution in [1.29, 1.82) is 0 Å². The number of carboxylic acid groups (broad SMARTS) is 1. The van der Waals surface area contributed by atoms with E-state index in [4.69, 9.17) is 5.11 Å². The number of anilines is 1. The van der Waals surface area contributed by atoms with Gasteiger partial charge in [-0.3, -0.25) is 19.7 Å². The number of amides is 1. The Labute approximate surface area is 115 Å². The lowest BCUT2D eigenvalue weighted by Gasteiger charge is -2.19. The van der Waals surface area contributed by atoms with E-state index in [1.807, 2.05) is 6.92 Å². The van der Waals surface area contributed by atoms with Gasteiger partial charge in [0, 0.05) is 25.1 Å². The Morgan fingerprint density at radius 3 is 2.75 bits per heavy atom. The number of benzene rings is 1. The molecule has 7 nitrogen and oxygen atoms in total. The number of nitro groups is 1. The number of carbonyl (C=O) groups is 2. The number of hydrogen-bond acceptors (Lipinski definition) is 4. The van der Waals surface area contributed by atoms with Crippen molar-refractivity contribution in [1.82, 2.24) is 0 Å². The Kier molecular flexibility index (Phi) is 3.69. The molecule has 20 heavy (non-hydrogen) atoms. The van der Waals surface area contributed by atoms with Gasteiger partial charge in [0.15, 0.2) is 0 Å². The van der Waals surface area contributed by atoms with Gasteiger partial charge >= 0.3 is 5.97 Å². The number of non-ortho nitro benzene ring substituents is 1. The zero-order valence-corrected chi connectivity index (χ0v) is 10.9. The highest BCUT2D eigenvalue weighted by Crippen LogP contribution is 2.31. The summed E-state index contributed by atoms with van der Waals surface area (Å²) in [7, 11) is 0. The zero-order valence-electron chi connectivity index (χ0n) is 10.9. The molecule has 1 atom stereocenters. The third kappa shape index (κ3) is 2.47. The maximum atomic E-state index is 11.9. The van der Waals surface area contributed by atoms with Crippen LogP contribution in [0.5, 0.6) is 0 Å². The van der Waals surface area contributed by atoms with Crippen LogP contribution in [0, 0.1) is 16.0 Å². The molecule has 0 aromatic heterocycles. The largest absolute Gasteiger partial charge is 0.481 e. The Morgan fingerprint density at radius 1 is 1.55 bits per heavy atom. The van der Waals surface area contributed by atoms with Gasteiger partial charge in [-0.05, 0) is 12.0 Å². The number of carboxylic acids is 1. The smallest absolute Gasteiger partial charge is 0.308 e. The molecule has 1 fully saturated rings. The molecule has 1 saturated heterocycles. The second-order valence-electron chi connectivity index (χ2n) is 4.67. The second-order valence-corrected chi connectivity index (χ2v) is 4.67. The van der Waals surface area contributed by atoms with Crippen molar-refractivity contribution in [2.45, 2.75) is 19.8 Å². The SMILES string of the molecule is CCc1ccc([N+](=O)[O-])cc1N1CC(C(=O)O)CC1=O. The van der Waals surface area contributed by atoms with Crippen molar-refractivity contribution in [3.63, 3.8) is 0 Å². The molecule has 0 saturated carbocycles. The van der Waals surface area contributed by atoms with Gasteiger partial charge in [0.1, 0.15) is 0 Å². The van der Waals surface area contributed by atoms with Crippen LogP contribution >= 0.6 is 0 Å². The molecule has 0 bridgehead atoms. The van der Waals surface area contributed by atoms with Crippen molar-refractivity contribution in [3.8, 4) is 0 Å². The molecule has 2 rings (SSSR count). The lowest BCUT2D eigenvalue weighted by atomic mass is 10.1. The lowest BCUT2D eigenvalue weighted by Crippen LogP contribution is -2.26. The number of aryl methyl sites for hydroxylation is 1. The van der Waals surface area contributed by atoms with Crippen LogP contribution in [-0.2, 0) is 16.0 Å².